The lowest BCUT2D eigenvalue weighted by Gasteiger charge is -2.11. The van der Waals surface area contributed by atoms with E-state index in [0.717, 1.165) is 19.3 Å². The zero-order chi connectivity index (χ0) is 13.4. The van der Waals surface area contributed by atoms with Crippen molar-refractivity contribution in [2.24, 2.45) is 5.92 Å². The molecule has 0 saturated heterocycles. The first-order chi connectivity index (χ1) is 9.15. The number of rotatable bonds is 2. The molecule has 0 aliphatic heterocycles. The SMILES string of the molecule is CC1CCC(NC(=O)c2cnc3sccn3c2=O)C1. The van der Waals surface area contributed by atoms with Crippen molar-refractivity contribution >= 4 is 22.2 Å². The number of amides is 1. The van der Waals surface area contributed by atoms with E-state index in [-0.39, 0.29) is 23.1 Å². The van der Waals surface area contributed by atoms with Crippen molar-refractivity contribution in [2.45, 2.75) is 32.2 Å². The molecule has 0 spiro atoms. The van der Waals surface area contributed by atoms with Gasteiger partial charge in [0.05, 0.1) is 0 Å². The Morgan fingerprint density at radius 2 is 2.37 bits per heavy atom. The fourth-order valence-electron chi connectivity index (χ4n) is 2.58. The fraction of sp³-hybridized carbons (Fsp3) is 0.462. The largest absolute Gasteiger partial charge is 0.349 e. The van der Waals surface area contributed by atoms with Gasteiger partial charge in [-0.2, -0.15) is 0 Å². The smallest absolute Gasteiger partial charge is 0.271 e. The summed E-state index contributed by atoms with van der Waals surface area (Å²) in [4.78, 5) is 29.0. The number of nitrogens with zero attached hydrogens (tertiary/aromatic N) is 2. The minimum Gasteiger partial charge on any atom is -0.349 e. The van der Waals surface area contributed by atoms with E-state index in [2.05, 4.69) is 17.2 Å². The molecule has 0 radical (unpaired) electrons. The van der Waals surface area contributed by atoms with Crippen LogP contribution in [0.25, 0.3) is 4.96 Å². The molecule has 2 aromatic heterocycles. The average Bonchev–Trinajstić information content (AvgIpc) is 2.99. The van der Waals surface area contributed by atoms with E-state index in [0.29, 0.717) is 10.9 Å². The Balaban J connectivity index is 1.85. The van der Waals surface area contributed by atoms with Crippen LogP contribution >= 0.6 is 11.3 Å². The fourth-order valence-corrected chi connectivity index (χ4v) is 3.26. The van der Waals surface area contributed by atoms with Gasteiger partial charge in [0.1, 0.15) is 5.56 Å². The molecule has 0 aromatic carbocycles. The summed E-state index contributed by atoms with van der Waals surface area (Å²) in [6, 6.07) is 0.185. The molecule has 1 saturated carbocycles. The summed E-state index contributed by atoms with van der Waals surface area (Å²) in [5.74, 6) is 0.334. The van der Waals surface area contributed by atoms with E-state index >= 15 is 0 Å². The zero-order valence-electron chi connectivity index (χ0n) is 10.6. The lowest BCUT2D eigenvalue weighted by atomic mass is 10.1. The summed E-state index contributed by atoms with van der Waals surface area (Å²) in [7, 11) is 0. The number of nitrogens with one attached hydrogen (secondary N) is 1. The van der Waals surface area contributed by atoms with Crippen LogP contribution in [-0.2, 0) is 0 Å². The van der Waals surface area contributed by atoms with Gasteiger partial charge in [-0.15, -0.1) is 11.3 Å². The number of hydrogen-bond acceptors (Lipinski definition) is 4. The molecule has 2 aromatic rings. The van der Waals surface area contributed by atoms with Crippen molar-refractivity contribution in [2.75, 3.05) is 0 Å². The van der Waals surface area contributed by atoms with Crippen molar-refractivity contribution in [3.05, 3.63) is 33.7 Å². The Morgan fingerprint density at radius 1 is 1.53 bits per heavy atom. The number of carbonyl (C=O) groups is 1. The molecule has 5 nitrogen and oxygen atoms in total. The minimum atomic E-state index is -0.308. The quantitative estimate of drug-likeness (QED) is 0.908. The molecule has 2 atom stereocenters. The van der Waals surface area contributed by atoms with Crippen molar-refractivity contribution < 1.29 is 4.79 Å². The van der Waals surface area contributed by atoms with Crippen LogP contribution in [0.5, 0.6) is 0 Å². The van der Waals surface area contributed by atoms with Gasteiger partial charge in [-0.05, 0) is 25.2 Å². The first-order valence-corrected chi connectivity index (χ1v) is 7.29. The van der Waals surface area contributed by atoms with E-state index in [1.165, 1.54) is 21.9 Å². The Labute approximate surface area is 114 Å². The van der Waals surface area contributed by atoms with Crippen LogP contribution in [0, 0.1) is 5.92 Å². The molecule has 0 bridgehead atoms. The van der Waals surface area contributed by atoms with Gasteiger partial charge in [-0.3, -0.25) is 14.0 Å². The molecular formula is C13H15N3O2S. The normalized spacial score (nSPS) is 22.8. The van der Waals surface area contributed by atoms with Crippen LogP contribution in [0.3, 0.4) is 0 Å². The molecule has 100 valence electrons. The number of thiazole rings is 1. The summed E-state index contributed by atoms with van der Waals surface area (Å²) in [5, 5.41) is 4.72. The lowest BCUT2D eigenvalue weighted by Crippen LogP contribution is -2.37. The third-order valence-corrected chi connectivity index (χ3v) is 4.39. The van der Waals surface area contributed by atoms with E-state index in [4.69, 9.17) is 0 Å². The van der Waals surface area contributed by atoms with Crippen molar-refractivity contribution in [3.63, 3.8) is 0 Å². The van der Waals surface area contributed by atoms with E-state index in [1.807, 2.05) is 0 Å². The predicted molar refractivity (Wildman–Crippen MR) is 73.6 cm³/mol. The Kier molecular flexibility index (Phi) is 3.10. The average molecular weight is 277 g/mol. The highest BCUT2D eigenvalue weighted by molar-refractivity contribution is 7.15. The van der Waals surface area contributed by atoms with Gasteiger partial charge in [0.15, 0.2) is 4.96 Å². The number of carbonyl (C=O) groups excluding carboxylic acids is 1. The molecule has 1 amide bonds. The Bertz CT molecular complexity index is 676. The topological polar surface area (TPSA) is 63.5 Å². The molecular weight excluding hydrogens is 262 g/mol. The summed E-state index contributed by atoms with van der Waals surface area (Å²) >= 11 is 1.38. The van der Waals surface area contributed by atoms with Gasteiger partial charge < -0.3 is 5.32 Å². The van der Waals surface area contributed by atoms with Crippen LogP contribution in [0.4, 0.5) is 0 Å². The highest BCUT2D eigenvalue weighted by Crippen LogP contribution is 2.24. The maximum absolute atomic E-state index is 12.1. The molecule has 1 N–H and O–H groups in total. The van der Waals surface area contributed by atoms with Gasteiger partial charge in [0.2, 0.25) is 0 Å². The minimum absolute atomic E-state index is 0.121. The Hall–Kier alpha value is -1.69. The summed E-state index contributed by atoms with van der Waals surface area (Å²) in [5.41, 5.74) is -0.176. The van der Waals surface area contributed by atoms with E-state index in [1.54, 1.807) is 11.6 Å². The van der Waals surface area contributed by atoms with Crippen molar-refractivity contribution in [1.82, 2.24) is 14.7 Å². The van der Waals surface area contributed by atoms with Crippen LogP contribution < -0.4 is 10.9 Å². The summed E-state index contributed by atoms with van der Waals surface area (Å²) in [6.07, 6.45) is 6.13. The second kappa shape index (κ2) is 4.77. The molecule has 2 unspecified atom stereocenters. The van der Waals surface area contributed by atoms with Gasteiger partial charge in [0.25, 0.3) is 11.5 Å². The summed E-state index contributed by atoms with van der Waals surface area (Å²) < 4.78 is 1.41. The highest BCUT2D eigenvalue weighted by atomic mass is 32.1. The maximum atomic E-state index is 12.1. The van der Waals surface area contributed by atoms with Crippen molar-refractivity contribution in [3.8, 4) is 0 Å². The molecule has 1 fully saturated rings. The van der Waals surface area contributed by atoms with Gasteiger partial charge in [-0.1, -0.05) is 6.92 Å². The first-order valence-electron chi connectivity index (χ1n) is 6.41. The van der Waals surface area contributed by atoms with Gasteiger partial charge in [0, 0.05) is 23.8 Å². The first kappa shape index (κ1) is 12.3. The highest BCUT2D eigenvalue weighted by Gasteiger charge is 2.24. The standard InChI is InChI=1S/C13H15N3O2S/c1-8-2-3-9(6-8)15-11(17)10-7-14-13-16(12(10)18)4-5-19-13/h4-5,7-9H,2-3,6H2,1H3,(H,15,17). The monoisotopic (exact) mass is 277 g/mol. The third kappa shape index (κ3) is 2.28. The third-order valence-electron chi connectivity index (χ3n) is 3.62. The molecule has 3 rings (SSSR count). The lowest BCUT2D eigenvalue weighted by molar-refractivity contribution is 0.0935. The molecule has 6 heteroatoms. The molecule has 1 aliphatic rings. The molecule has 1 aliphatic carbocycles. The number of aromatic nitrogens is 2. The Morgan fingerprint density at radius 3 is 3.11 bits per heavy atom. The van der Waals surface area contributed by atoms with E-state index < -0.39 is 0 Å². The van der Waals surface area contributed by atoms with Crippen LogP contribution in [0.2, 0.25) is 0 Å². The molecule has 2 heterocycles. The second-order valence-electron chi connectivity index (χ2n) is 5.12. The van der Waals surface area contributed by atoms with Crippen LogP contribution in [0.1, 0.15) is 36.5 Å². The van der Waals surface area contributed by atoms with Crippen LogP contribution in [0.15, 0.2) is 22.6 Å². The van der Waals surface area contributed by atoms with Gasteiger partial charge in [-0.25, -0.2) is 4.98 Å². The number of hydrogen-bond donors (Lipinski definition) is 1. The predicted octanol–water partition coefficient (Wildman–Crippen LogP) is 1.67. The second-order valence-corrected chi connectivity index (χ2v) is 5.99. The maximum Gasteiger partial charge on any atom is 0.271 e. The van der Waals surface area contributed by atoms with E-state index in [9.17, 15) is 9.59 Å². The summed E-state index contributed by atoms with van der Waals surface area (Å²) in [6.45, 7) is 2.18. The van der Waals surface area contributed by atoms with Crippen LogP contribution in [-0.4, -0.2) is 21.3 Å². The van der Waals surface area contributed by atoms with Crippen molar-refractivity contribution in [1.29, 1.82) is 0 Å². The zero-order valence-corrected chi connectivity index (χ0v) is 11.4. The van der Waals surface area contributed by atoms with Gasteiger partial charge >= 0.3 is 0 Å². The molecule has 19 heavy (non-hydrogen) atoms. The number of fused-ring (bicyclic) bond motifs is 1.